The first-order valence-corrected chi connectivity index (χ1v) is 11.2. The van der Waals surface area contributed by atoms with Crippen LogP contribution in [0.3, 0.4) is 0 Å². The zero-order chi connectivity index (χ0) is 24.1. The van der Waals surface area contributed by atoms with Gasteiger partial charge in [-0.1, -0.05) is 13.0 Å². The second kappa shape index (κ2) is 10.4. The molecular formula is C25H28FN5O3. The standard InChI is InChI=1S/C25H28FN5O3/c1-4-9-31-15-19(17(3)30-31)14-27-25(29-24(32)18-6-5-16(2)21(26)12-18)28-20-7-8-22-23(13-20)34-11-10-33-22/h5-8,12-13,15H,4,9-11,14H2,1-3H3,(H2,27,28,29,32). The molecule has 1 aliphatic heterocycles. The van der Waals surface area contributed by atoms with Crippen LogP contribution in [0.4, 0.5) is 10.1 Å². The van der Waals surface area contributed by atoms with Crippen LogP contribution in [0.5, 0.6) is 11.5 Å². The molecule has 2 heterocycles. The number of carbonyl (C=O) groups is 1. The second-order valence-electron chi connectivity index (χ2n) is 8.07. The van der Waals surface area contributed by atoms with Crippen molar-refractivity contribution in [2.24, 2.45) is 4.99 Å². The SMILES string of the molecule is CCCn1cc(CN=C(NC(=O)c2ccc(C)c(F)c2)Nc2ccc3c(c2)OCCO3)c(C)n1. The average Bonchev–Trinajstić information content (AvgIpc) is 3.18. The third kappa shape index (κ3) is 5.54. The van der Waals surface area contributed by atoms with E-state index in [0.29, 0.717) is 42.5 Å². The molecule has 0 spiro atoms. The van der Waals surface area contributed by atoms with Gasteiger partial charge >= 0.3 is 0 Å². The van der Waals surface area contributed by atoms with Gasteiger partial charge in [-0.15, -0.1) is 0 Å². The van der Waals surface area contributed by atoms with Crippen LogP contribution >= 0.6 is 0 Å². The molecule has 8 nitrogen and oxygen atoms in total. The van der Waals surface area contributed by atoms with E-state index in [1.54, 1.807) is 31.2 Å². The van der Waals surface area contributed by atoms with Crippen LogP contribution in [0.1, 0.15) is 40.5 Å². The van der Waals surface area contributed by atoms with E-state index in [2.05, 4.69) is 27.6 Å². The average molecular weight is 466 g/mol. The smallest absolute Gasteiger partial charge is 0.258 e. The molecule has 0 radical (unpaired) electrons. The molecule has 4 rings (SSSR count). The lowest BCUT2D eigenvalue weighted by Crippen LogP contribution is -2.36. The summed E-state index contributed by atoms with van der Waals surface area (Å²) in [6.45, 7) is 7.77. The van der Waals surface area contributed by atoms with Gasteiger partial charge in [-0.3, -0.25) is 14.8 Å². The van der Waals surface area contributed by atoms with Crippen molar-refractivity contribution in [3.63, 3.8) is 0 Å². The molecule has 0 saturated carbocycles. The summed E-state index contributed by atoms with van der Waals surface area (Å²) in [5, 5.41) is 10.4. The Bertz CT molecular complexity index is 1220. The monoisotopic (exact) mass is 465 g/mol. The van der Waals surface area contributed by atoms with Crippen molar-refractivity contribution in [2.45, 2.75) is 40.3 Å². The van der Waals surface area contributed by atoms with Crippen molar-refractivity contribution in [1.82, 2.24) is 15.1 Å². The Morgan fingerprint density at radius 2 is 1.94 bits per heavy atom. The lowest BCUT2D eigenvalue weighted by molar-refractivity contribution is 0.0976. The maximum atomic E-state index is 14.0. The van der Waals surface area contributed by atoms with E-state index in [0.717, 1.165) is 24.2 Å². The maximum absolute atomic E-state index is 14.0. The summed E-state index contributed by atoms with van der Waals surface area (Å²) in [6, 6.07) is 9.75. The van der Waals surface area contributed by atoms with Gasteiger partial charge in [0.2, 0.25) is 5.96 Å². The number of aryl methyl sites for hydroxylation is 3. The maximum Gasteiger partial charge on any atom is 0.258 e. The van der Waals surface area contributed by atoms with Gasteiger partial charge in [0.05, 0.1) is 12.2 Å². The Labute approximate surface area is 197 Å². The molecule has 1 amide bonds. The van der Waals surface area contributed by atoms with Gasteiger partial charge in [-0.25, -0.2) is 9.38 Å². The number of amides is 1. The lowest BCUT2D eigenvalue weighted by Gasteiger charge is -2.19. The molecule has 34 heavy (non-hydrogen) atoms. The molecule has 0 bridgehead atoms. The largest absolute Gasteiger partial charge is 0.486 e. The van der Waals surface area contributed by atoms with E-state index in [9.17, 15) is 9.18 Å². The number of fused-ring (bicyclic) bond motifs is 1. The van der Waals surface area contributed by atoms with Crippen LogP contribution in [0, 0.1) is 19.7 Å². The highest BCUT2D eigenvalue weighted by molar-refractivity contribution is 6.10. The van der Waals surface area contributed by atoms with Crippen molar-refractivity contribution in [3.8, 4) is 11.5 Å². The van der Waals surface area contributed by atoms with Crippen molar-refractivity contribution in [3.05, 3.63) is 70.8 Å². The molecule has 0 aliphatic carbocycles. The van der Waals surface area contributed by atoms with Crippen molar-refractivity contribution in [2.75, 3.05) is 18.5 Å². The number of nitrogens with zero attached hydrogens (tertiary/aromatic N) is 3. The summed E-state index contributed by atoms with van der Waals surface area (Å²) < 4.78 is 27.1. The summed E-state index contributed by atoms with van der Waals surface area (Å²) in [6.07, 6.45) is 2.94. The van der Waals surface area contributed by atoms with E-state index < -0.39 is 11.7 Å². The van der Waals surface area contributed by atoms with Gasteiger partial charge in [-0.2, -0.15) is 5.10 Å². The third-order valence-electron chi connectivity index (χ3n) is 5.38. The van der Waals surface area contributed by atoms with Crippen LogP contribution in [-0.4, -0.2) is 34.9 Å². The van der Waals surface area contributed by atoms with E-state index in [1.807, 2.05) is 23.9 Å². The number of carbonyl (C=O) groups excluding carboxylic acids is 1. The van der Waals surface area contributed by atoms with Crippen LogP contribution < -0.4 is 20.1 Å². The molecule has 0 saturated heterocycles. The van der Waals surface area contributed by atoms with Crippen LogP contribution in [-0.2, 0) is 13.1 Å². The van der Waals surface area contributed by atoms with E-state index in [4.69, 9.17) is 9.47 Å². The number of aromatic nitrogens is 2. The van der Waals surface area contributed by atoms with Gasteiger partial charge in [-0.05, 0) is 50.1 Å². The fraction of sp³-hybridized carbons (Fsp3) is 0.320. The van der Waals surface area contributed by atoms with Gasteiger partial charge in [0.15, 0.2) is 11.5 Å². The lowest BCUT2D eigenvalue weighted by atomic mass is 10.1. The normalized spacial score (nSPS) is 13.0. The van der Waals surface area contributed by atoms with Crippen molar-refractivity contribution >= 4 is 17.6 Å². The number of nitrogens with one attached hydrogen (secondary N) is 2. The van der Waals surface area contributed by atoms with Gasteiger partial charge in [0.25, 0.3) is 5.91 Å². The third-order valence-corrected chi connectivity index (χ3v) is 5.38. The molecule has 1 aliphatic rings. The van der Waals surface area contributed by atoms with Crippen LogP contribution in [0.15, 0.2) is 47.6 Å². The fourth-order valence-corrected chi connectivity index (χ4v) is 3.50. The van der Waals surface area contributed by atoms with E-state index in [-0.39, 0.29) is 11.5 Å². The zero-order valence-corrected chi connectivity index (χ0v) is 19.5. The molecule has 1 aromatic heterocycles. The minimum atomic E-state index is -0.471. The Morgan fingerprint density at radius 3 is 2.71 bits per heavy atom. The molecule has 3 aromatic rings. The van der Waals surface area contributed by atoms with E-state index >= 15 is 0 Å². The topological polar surface area (TPSA) is 89.8 Å². The highest BCUT2D eigenvalue weighted by atomic mass is 19.1. The first-order valence-electron chi connectivity index (χ1n) is 11.2. The summed E-state index contributed by atoms with van der Waals surface area (Å²) in [4.78, 5) is 17.4. The number of hydrogen-bond donors (Lipinski definition) is 2. The Kier molecular flexibility index (Phi) is 7.10. The molecule has 0 atom stereocenters. The van der Waals surface area contributed by atoms with Crippen molar-refractivity contribution < 1.29 is 18.7 Å². The highest BCUT2D eigenvalue weighted by Gasteiger charge is 2.15. The molecule has 9 heteroatoms. The predicted molar refractivity (Wildman–Crippen MR) is 128 cm³/mol. The Hall–Kier alpha value is -3.88. The number of halogens is 1. The predicted octanol–water partition coefficient (Wildman–Crippen LogP) is 4.22. The molecule has 2 aromatic carbocycles. The number of anilines is 1. The van der Waals surface area contributed by atoms with Gasteiger partial charge in [0, 0.05) is 35.6 Å². The Balaban J connectivity index is 1.58. The highest BCUT2D eigenvalue weighted by Crippen LogP contribution is 2.32. The fourth-order valence-electron chi connectivity index (χ4n) is 3.50. The second-order valence-corrected chi connectivity index (χ2v) is 8.07. The van der Waals surface area contributed by atoms with Crippen LogP contribution in [0.25, 0.3) is 0 Å². The summed E-state index contributed by atoms with van der Waals surface area (Å²) >= 11 is 0. The van der Waals surface area contributed by atoms with Crippen molar-refractivity contribution in [1.29, 1.82) is 0 Å². The molecule has 0 fully saturated rings. The summed E-state index contributed by atoms with van der Waals surface area (Å²) in [5.74, 6) is 0.587. The van der Waals surface area contributed by atoms with E-state index in [1.165, 1.54) is 6.07 Å². The summed E-state index contributed by atoms with van der Waals surface area (Å²) in [7, 11) is 0. The Morgan fingerprint density at radius 1 is 1.15 bits per heavy atom. The first-order chi connectivity index (χ1) is 16.4. The number of guanidine groups is 1. The first kappa shape index (κ1) is 23.3. The van der Waals surface area contributed by atoms with Gasteiger partial charge < -0.3 is 14.8 Å². The number of hydrogen-bond acceptors (Lipinski definition) is 5. The number of ether oxygens (including phenoxy) is 2. The minimum absolute atomic E-state index is 0.201. The van der Waals surface area contributed by atoms with Gasteiger partial charge in [0.1, 0.15) is 19.0 Å². The number of benzene rings is 2. The molecule has 2 N–H and O–H groups in total. The molecular weight excluding hydrogens is 437 g/mol. The molecule has 178 valence electrons. The summed E-state index contributed by atoms with van der Waals surface area (Å²) in [5.41, 5.74) is 3.16. The molecule has 0 unspecified atom stereocenters. The quantitative estimate of drug-likeness (QED) is 0.420. The minimum Gasteiger partial charge on any atom is -0.486 e. The zero-order valence-electron chi connectivity index (χ0n) is 19.5. The number of rotatable bonds is 6. The van der Waals surface area contributed by atoms with Crippen LogP contribution in [0.2, 0.25) is 0 Å². The number of aliphatic imine (C=N–C) groups is 1.